The number of nitrogens with zero attached hydrogens (tertiary/aromatic N) is 3. The number of benzene rings is 2. The Balaban J connectivity index is 1.37. The topological polar surface area (TPSA) is 134 Å². The Morgan fingerprint density at radius 1 is 1.00 bits per heavy atom. The van der Waals surface area contributed by atoms with Crippen molar-refractivity contribution in [2.75, 3.05) is 66.0 Å². The second kappa shape index (κ2) is 13.1. The van der Waals surface area contributed by atoms with E-state index < -0.39 is 45.9 Å². The molecule has 9 rings (SSSR count). The number of hydrogen-bond acceptors (Lipinski definition) is 11. The Labute approximate surface area is 328 Å². The minimum absolute atomic E-state index is 0.202. The molecule has 3 aromatic rings. The number of aliphatic hydroxyl groups is 1. The molecule has 2 N–H and O–H groups in total. The Hall–Kier alpha value is -4.39. The number of hydrogen-bond donors (Lipinski definition) is 2. The molecule has 2 aromatic carbocycles. The van der Waals surface area contributed by atoms with Gasteiger partial charge in [0.15, 0.2) is 6.10 Å². The standard InChI is InChI=1S/C44H54N4O8/c1-7-41-16-11-19-48-21-17-42(36(41)48)30-22-31(34(53-4)23-33(30)46(3)37(42)44(52,40(51)55-6)38(41)56-26(2)49)43(39(50)54-5)24-27-12-10-18-47(25-27)20-15-29-28-13-8-9-14-32(28)45-35(29)43/h8-9,11,13-14,16,22-23,27,36-38,45,52H,7,10,12,15,17-21,24-25H2,1-6H3/t27-,36+,37-,38-,41-,42-,43+,44+/m1/s1. The first-order valence-corrected chi connectivity index (χ1v) is 20.2. The van der Waals surface area contributed by atoms with Crippen molar-refractivity contribution < 1.29 is 38.4 Å². The average molecular weight is 767 g/mol. The van der Waals surface area contributed by atoms with Gasteiger partial charge < -0.3 is 38.8 Å². The highest BCUT2D eigenvalue weighted by Gasteiger charge is 2.80. The van der Waals surface area contributed by atoms with Crippen molar-refractivity contribution in [2.24, 2.45) is 11.3 Å². The quantitative estimate of drug-likeness (QED) is 0.212. The number of fused-ring (bicyclic) bond motifs is 6. The maximum Gasteiger partial charge on any atom is 0.344 e. The van der Waals surface area contributed by atoms with E-state index >= 15 is 4.79 Å². The normalized spacial score (nSPS) is 35.6. The van der Waals surface area contributed by atoms with Gasteiger partial charge in [-0.15, -0.1) is 0 Å². The highest BCUT2D eigenvalue weighted by molar-refractivity contribution is 5.95. The van der Waals surface area contributed by atoms with Crippen LogP contribution < -0.4 is 9.64 Å². The molecule has 1 aromatic heterocycles. The molecule has 0 amide bonds. The molecule has 12 heteroatoms. The van der Waals surface area contributed by atoms with Gasteiger partial charge in [-0.25, -0.2) is 4.79 Å². The van der Waals surface area contributed by atoms with Gasteiger partial charge in [0.2, 0.25) is 5.60 Å². The number of aromatic amines is 1. The minimum Gasteiger partial charge on any atom is -0.496 e. The molecular weight excluding hydrogens is 713 g/mol. The number of likely N-dealkylation sites (N-methyl/N-ethyl adjacent to an activating group) is 1. The summed E-state index contributed by atoms with van der Waals surface area (Å²) in [4.78, 5) is 53.2. The first-order valence-electron chi connectivity index (χ1n) is 20.2. The molecule has 5 aliphatic heterocycles. The van der Waals surface area contributed by atoms with Gasteiger partial charge in [0, 0.05) is 84.4 Å². The van der Waals surface area contributed by atoms with Gasteiger partial charge in [-0.1, -0.05) is 37.3 Å². The number of carbonyl (C=O) groups excluding carboxylic acids is 3. The van der Waals surface area contributed by atoms with Crippen LogP contribution in [0.4, 0.5) is 5.69 Å². The molecule has 0 radical (unpaired) electrons. The van der Waals surface area contributed by atoms with Crippen LogP contribution in [0.15, 0.2) is 48.6 Å². The van der Waals surface area contributed by atoms with Gasteiger partial charge in [-0.05, 0) is 80.8 Å². The summed E-state index contributed by atoms with van der Waals surface area (Å²) in [6, 6.07) is 11.3. The van der Waals surface area contributed by atoms with E-state index in [1.165, 1.54) is 21.1 Å². The van der Waals surface area contributed by atoms with Crippen molar-refractivity contribution >= 4 is 34.5 Å². The van der Waals surface area contributed by atoms with Crippen LogP contribution in [0.3, 0.4) is 0 Å². The lowest BCUT2D eigenvalue weighted by molar-refractivity contribution is -0.228. The van der Waals surface area contributed by atoms with Crippen LogP contribution in [0.1, 0.15) is 68.3 Å². The molecule has 6 aliphatic rings. The number of esters is 3. The number of nitrogens with one attached hydrogen (secondary N) is 1. The third kappa shape index (κ3) is 4.66. The maximum atomic E-state index is 15.2. The summed E-state index contributed by atoms with van der Waals surface area (Å²) < 4.78 is 23.9. The lowest BCUT2D eigenvalue weighted by Crippen LogP contribution is -2.81. The van der Waals surface area contributed by atoms with Crippen molar-refractivity contribution in [3.8, 4) is 5.75 Å². The summed E-state index contributed by atoms with van der Waals surface area (Å²) in [5.41, 5.74) is -0.0356. The summed E-state index contributed by atoms with van der Waals surface area (Å²) in [5.74, 6) is -1.07. The molecule has 1 spiro atoms. The SMILES string of the molecule is CC[C@]12C=CCN3CC[C@@]4(c5cc([C@@]6(C(=O)OC)C[C@H]7CCCN(CCc8c6[nH]c6ccccc86)C7)c(OC)cc5N(C)[C@H]4[C@@](O)(C(=O)OC)[C@@H]1OC(C)=O)[C@@H]32. The second-order valence-electron chi connectivity index (χ2n) is 17.1. The van der Waals surface area contributed by atoms with Gasteiger partial charge in [0.25, 0.3) is 0 Å². The van der Waals surface area contributed by atoms with Crippen molar-refractivity contribution in [1.82, 2.24) is 14.8 Å². The van der Waals surface area contributed by atoms with Crippen LogP contribution in [-0.4, -0.2) is 123 Å². The first-order chi connectivity index (χ1) is 27.0. The fraction of sp³-hybridized carbons (Fsp3) is 0.568. The van der Waals surface area contributed by atoms with E-state index in [1.807, 2.05) is 37.1 Å². The van der Waals surface area contributed by atoms with E-state index in [-0.39, 0.29) is 17.9 Å². The molecule has 56 heavy (non-hydrogen) atoms. The van der Waals surface area contributed by atoms with E-state index in [2.05, 4.69) is 45.1 Å². The molecule has 3 fully saturated rings. The molecule has 298 valence electrons. The number of para-hydroxylation sites is 1. The number of ether oxygens (including phenoxy) is 4. The van der Waals surface area contributed by atoms with Gasteiger partial charge in [0.05, 0.1) is 27.4 Å². The maximum absolute atomic E-state index is 15.2. The van der Waals surface area contributed by atoms with Crippen LogP contribution in [-0.2, 0) is 45.8 Å². The second-order valence-corrected chi connectivity index (χ2v) is 17.1. The molecule has 12 nitrogen and oxygen atoms in total. The van der Waals surface area contributed by atoms with Crippen LogP contribution in [0.25, 0.3) is 10.9 Å². The third-order valence-electron chi connectivity index (χ3n) is 14.8. The zero-order valence-corrected chi connectivity index (χ0v) is 33.4. The summed E-state index contributed by atoms with van der Waals surface area (Å²) in [6.45, 7) is 7.52. The Bertz CT molecular complexity index is 2150. The molecule has 1 unspecified atom stereocenters. The van der Waals surface area contributed by atoms with Crippen molar-refractivity contribution in [3.05, 3.63) is 70.9 Å². The lowest BCUT2D eigenvalue weighted by atomic mass is 9.47. The van der Waals surface area contributed by atoms with E-state index in [9.17, 15) is 14.7 Å². The zero-order valence-electron chi connectivity index (χ0n) is 33.4. The van der Waals surface area contributed by atoms with Crippen molar-refractivity contribution in [2.45, 2.75) is 87.0 Å². The number of H-pyrrole nitrogens is 1. The summed E-state index contributed by atoms with van der Waals surface area (Å²) >= 11 is 0. The van der Waals surface area contributed by atoms with Crippen molar-refractivity contribution in [3.63, 3.8) is 0 Å². The minimum atomic E-state index is -2.26. The number of methoxy groups -OCH3 is 3. The van der Waals surface area contributed by atoms with Gasteiger partial charge in [0.1, 0.15) is 11.2 Å². The monoisotopic (exact) mass is 766 g/mol. The third-order valence-corrected chi connectivity index (χ3v) is 14.8. The van der Waals surface area contributed by atoms with Crippen LogP contribution in [0.5, 0.6) is 5.75 Å². The molecule has 2 saturated heterocycles. The Kier molecular flexibility index (Phi) is 8.68. The summed E-state index contributed by atoms with van der Waals surface area (Å²) in [6.07, 6.45) is 7.31. The molecule has 9 atom stereocenters. The number of carbonyl (C=O) groups is 3. The van der Waals surface area contributed by atoms with Crippen LogP contribution in [0, 0.1) is 11.3 Å². The molecular formula is C44H54N4O8. The fourth-order valence-electron chi connectivity index (χ4n) is 13.0. The molecule has 6 heterocycles. The number of rotatable bonds is 6. The zero-order chi connectivity index (χ0) is 39.4. The van der Waals surface area contributed by atoms with E-state index in [0.29, 0.717) is 43.7 Å². The van der Waals surface area contributed by atoms with Gasteiger partial charge >= 0.3 is 17.9 Å². The van der Waals surface area contributed by atoms with Crippen LogP contribution in [0.2, 0.25) is 0 Å². The van der Waals surface area contributed by atoms with Crippen LogP contribution >= 0.6 is 0 Å². The highest BCUT2D eigenvalue weighted by atomic mass is 16.6. The van der Waals surface area contributed by atoms with Gasteiger partial charge in [-0.3, -0.25) is 14.5 Å². The van der Waals surface area contributed by atoms with E-state index in [0.717, 1.165) is 72.3 Å². The average Bonchev–Trinajstić information content (AvgIpc) is 3.87. The molecule has 1 saturated carbocycles. The van der Waals surface area contributed by atoms with Crippen molar-refractivity contribution in [1.29, 1.82) is 0 Å². The number of anilines is 1. The smallest absolute Gasteiger partial charge is 0.344 e. The largest absolute Gasteiger partial charge is 0.496 e. The number of piperidine rings is 1. The predicted octanol–water partition coefficient (Wildman–Crippen LogP) is 4.24. The Morgan fingerprint density at radius 2 is 1.79 bits per heavy atom. The number of aromatic nitrogens is 1. The molecule has 2 bridgehead atoms. The van der Waals surface area contributed by atoms with Gasteiger partial charge in [-0.2, -0.15) is 0 Å². The van der Waals surface area contributed by atoms with E-state index in [4.69, 9.17) is 18.9 Å². The lowest BCUT2D eigenvalue weighted by Gasteiger charge is -2.63. The summed E-state index contributed by atoms with van der Waals surface area (Å²) in [7, 11) is 6.26. The summed E-state index contributed by atoms with van der Waals surface area (Å²) in [5, 5.41) is 14.4. The Morgan fingerprint density at radius 3 is 2.52 bits per heavy atom. The molecule has 1 aliphatic carbocycles. The van der Waals surface area contributed by atoms with E-state index in [1.54, 1.807) is 7.11 Å². The first kappa shape index (κ1) is 37.2. The highest BCUT2D eigenvalue weighted by Crippen LogP contribution is 2.68. The fourth-order valence-corrected chi connectivity index (χ4v) is 13.0. The predicted molar refractivity (Wildman–Crippen MR) is 210 cm³/mol.